The van der Waals surface area contributed by atoms with Crippen molar-refractivity contribution < 1.29 is 4.74 Å². The first-order chi connectivity index (χ1) is 10.1. The molecule has 4 heteroatoms. The smallest absolute Gasteiger partial charge is 0.119 e. The summed E-state index contributed by atoms with van der Waals surface area (Å²) in [6.45, 7) is 8.76. The van der Waals surface area contributed by atoms with Gasteiger partial charge < -0.3 is 9.64 Å². The molecule has 1 fully saturated rings. The number of rotatable bonds is 6. The lowest BCUT2D eigenvalue weighted by Gasteiger charge is -2.38. The van der Waals surface area contributed by atoms with E-state index in [1.807, 2.05) is 24.3 Å². The molecule has 0 aromatic heterocycles. The highest BCUT2D eigenvalue weighted by molar-refractivity contribution is 9.10. The fourth-order valence-electron chi connectivity index (χ4n) is 2.86. The van der Waals surface area contributed by atoms with Crippen molar-refractivity contribution in [2.24, 2.45) is 0 Å². The van der Waals surface area contributed by atoms with Crippen LogP contribution in [0.4, 0.5) is 0 Å². The molecule has 21 heavy (non-hydrogen) atoms. The summed E-state index contributed by atoms with van der Waals surface area (Å²) in [4.78, 5) is 5.03. The first-order valence-electron chi connectivity index (χ1n) is 7.89. The van der Waals surface area contributed by atoms with E-state index in [4.69, 9.17) is 4.74 Å². The summed E-state index contributed by atoms with van der Waals surface area (Å²) in [5.74, 6) is 0.946. The Morgan fingerprint density at radius 3 is 2.43 bits per heavy atom. The van der Waals surface area contributed by atoms with Crippen molar-refractivity contribution in [1.29, 1.82) is 0 Å². The molecule has 1 aliphatic rings. The molecular weight excluding hydrogens is 328 g/mol. The highest BCUT2D eigenvalue weighted by atomic mass is 79.9. The maximum Gasteiger partial charge on any atom is 0.119 e. The van der Waals surface area contributed by atoms with Crippen LogP contribution in [0.25, 0.3) is 0 Å². The average molecular weight is 355 g/mol. The van der Waals surface area contributed by atoms with Gasteiger partial charge in [-0.05, 0) is 71.1 Å². The van der Waals surface area contributed by atoms with Crippen molar-refractivity contribution in [3.05, 3.63) is 28.7 Å². The molecule has 1 aromatic rings. The molecule has 1 saturated heterocycles. The zero-order valence-electron chi connectivity index (χ0n) is 13.4. The molecule has 2 rings (SSSR count). The second-order valence-electron chi connectivity index (χ2n) is 6.14. The summed E-state index contributed by atoms with van der Waals surface area (Å²) in [7, 11) is 2.22. The Morgan fingerprint density at radius 2 is 1.86 bits per heavy atom. The lowest BCUT2D eigenvalue weighted by molar-refractivity contribution is 0.0984. The molecule has 0 spiro atoms. The van der Waals surface area contributed by atoms with Crippen LogP contribution in [0.5, 0.6) is 5.75 Å². The Morgan fingerprint density at radius 1 is 1.24 bits per heavy atom. The normalized spacial score (nSPS) is 17.6. The van der Waals surface area contributed by atoms with E-state index in [0.717, 1.165) is 23.4 Å². The second-order valence-corrected chi connectivity index (χ2v) is 7.06. The van der Waals surface area contributed by atoms with E-state index in [1.54, 1.807) is 0 Å². The van der Waals surface area contributed by atoms with Gasteiger partial charge in [0.05, 0.1) is 0 Å². The molecule has 1 aliphatic heterocycles. The van der Waals surface area contributed by atoms with E-state index in [9.17, 15) is 0 Å². The fraction of sp³-hybridized carbons (Fsp3) is 0.647. The Balaban J connectivity index is 1.68. The zero-order chi connectivity index (χ0) is 15.2. The zero-order valence-corrected chi connectivity index (χ0v) is 15.0. The number of benzene rings is 1. The Labute approximate surface area is 137 Å². The molecule has 0 unspecified atom stereocenters. The largest absolute Gasteiger partial charge is 0.492 e. The quantitative estimate of drug-likeness (QED) is 0.775. The van der Waals surface area contributed by atoms with Gasteiger partial charge in [-0.15, -0.1) is 0 Å². The minimum Gasteiger partial charge on any atom is -0.492 e. The number of ether oxygens (including phenoxy) is 1. The third-order valence-electron chi connectivity index (χ3n) is 4.38. The van der Waals surface area contributed by atoms with Gasteiger partial charge in [-0.1, -0.05) is 15.9 Å². The van der Waals surface area contributed by atoms with Gasteiger partial charge in [-0.25, -0.2) is 0 Å². The molecular formula is C17H27BrN2O. The second kappa shape index (κ2) is 8.16. The van der Waals surface area contributed by atoms with Crippen LogP contribution in [0.1, 0.15) is 26.7 Å². The summed E-state index contributed by atoms with van der Waals surface area (Å²) in [6, 6.07) is 9.42. The van der Waals surface area contributed by atoms with Gasteiger partial charge in [0.1, 0.15) is 12.4 Å². The van der Waals surface area contributed by atoms with Gasteiger partial charge in [0.15, 0.2) is 0 Å². The minimum atomic E-state index is 0.678. The first kappa shape index (κ1) is 16.8. The van der Waals surface area contributed by atoms with Crippen LogP contribution in [0.15, 0.2) is 28.7 Å². The Hall–Kier alpha value is -0.580. The van der Waals surface area contributed by atoms with Crippen LogP contribution < -0.4 is 4.74 Å². The summed E-state index contributed by atoms with van der Waals surface area (Å²) in [5, 5.41) is 0. The van der Waals surface area contributed by atoms with Gasteiger partial charge in [-0.3, -0.25) is 4.90 Å². The van der Waals surface area contributed by atoms with E-state index < -0.39 is 0 Å². The van der Waals surface area contributed by atoms with Crippen molar-refractivity contribution in [3.8, 4) is 5.75 Å². The maximum absolute atomic E-state index is 5.81. The molecule has 0 aliphatic carbocycles. The van der Waals surface area contributed by atoms with Crippen LogP contribution in [0, 0.1) is 0 Å². The number of halogens is 1. The third kappa shape index (κ3) is 5.28. The van der Waals surface area contributed by atoms with Crippen LogP contribution in [-0.2, 0) is 0 Å². The number of hydrogen-bond acceptors (Lipinski definition) is 3. The van der Waals surface area contributed by atoms with Gasteiger partial charge in [-0.2, -0.15) is 0 Å². The van der Waals surface area contributed by atoms with Crippen LogP contribution >= 0.6 is 15.9 Å². The van der Waals surface area contributed by atoms with Crippen molar-refractivity contribution in [2.45, 2.75) is 38.8 Å². The van der Waals surface area contributed by atoms with E-state index in [-0.39, 0.29) is 0 Å². The molecule has 0 bridgehead atoms. The summed E-state index contributed by atoms with van der Waals surface area (Å²) < 4.78 is 6.90. The standard InChI is InChI=1S/C17H27BrN2O/c1-14(2)20-10-8-16(9-11-20)19(3)12-13-21-17-6-4-15(18)5-7-17/h4-7,14,16H,8-13H2,1-3H3. The summed E-state index contributed by atoms with van der Waals surface area (Å²) >= 11 is 3.44. The predicted molar refractivity (Wildman–Crippen MR) is 92.0 cm³/mol. The topological polar surface area (TPSA) is 15.7 Å². The third-order valence-corrected chi connectivity index (χ3v) is 4.91. The highest BCUT2D eigenvalue weighted by Crippen LogP contribution is 2.18. The highest BCUT2D eigenvalue weighted by Gasteiger charge is 2.23. The number of hydrogen-bond donors (Lipinski definition) is 0. The average Bonchev–Trinajstić information content (AvgIpc) is 2.49. The van der Waals surface area contributed by atoms with E-state index in [0.29, 0.717) is 12.1 Å². The van der Waals surface area contributed by atoms with E-state index in [2.05, 4.69) is 46.6 Å². The molecule has 1 aromatic carbocycles. The number of piperidine rings is 1. The van der Waals surface area contributed by atoms with Crippen LogP contribution in [0.3, 0.4) is 0 Å². The summed E-state index contributed by atoms with van der Waals surface area (Å²) in [6.07, 6.45) is 2.54. The first-order valence-corrected chi connectivity index (χ1v) is 8.68. The monoisotopic (exact) mass is 354 g/mol. The van der Waals surface area contributed by atoms with Crippen molar-refractivity contribution in [3.63, 3.8) is 0 Å². The SMILES string of the molecule is CC(C)N1CCC(N(C)CCOc2ccc(Br)cc2)CC1. The van der Waals surface area contributed by atoms with Crippen LogP contribution in [0.2, 0.25) is 0 Å². The van der Waals surface area contributed by atoms with E-state index >= 15 is 0 Å². The predicted octanol–water partition coefficient (Wildman–Crippen LogP) is 3.63. The Bertz CT molecular complexity index is 413. The van der Waals surface area contributed by atoms with E-state index in [1.165, 1.54) is 25.9 Å². The molecule has 0 N–H and O–H groups in total. The van der Waals surface area contributed by atoms with Gasteiger partial charge >= 0.3 is 0 Å². The fourth-order valence-corrected chi connectivity index (χ4v) is 3.13. The van der Waals surface area contributed by atoms with Gasteiger partial charge in [0.2, 0.25) is 0 Å². The van der Waals surface area contributed by atoms with Gasteiger partial charge in [0.25, 0.3) is 0 Å². The minimum absolute atomic E-state index is 0.678. The molecule has 0 saturated carbocycles. The molecule has 118 valence electrons. The number of nitrogens with zero attached hydrogens (tertiary/aromatic N) is 2. The lowest BCUT2D eigenvalue weighted by Crippen LogP contribution is -2.46. The molecule has 0 amide bonds. The molecule has 0 atom stereocenters. The lowest BCUT2D eigenvalue weighted by atomic mass is 10.0. The Kier molecular flexibility index (Phi) is 6.52. The van der Waals surface area contributed by atoms with Crippen LogP contribution in [-0.4, -0.2) is 55.2 Å². The molecule has 0 radical (unpaired) electrons. The number of likely N-dealkylation sites (tertiary alicyclic amines) is 1. The van der Waals surface area contributed by atoms with Gasteiger partial charge in [0, 0.05) is 23.1 Å². The van der Waals surface area contributed by atoms with Crippen molar-refractivity contribution in [2.75, 3.05) is 33.3 Å². The van der Waals surface area contributed by atoms with Crippen molar-refractivity contribution in [1.82, 2.24) is 9.80 Å². The maximum atomic E-state index is 5.81. The molecule has 3 nitrogen and oxygen atoms in total. The van der Waals surface area contributed by atoms with Crippen molar-refractivity contribution >= 4 is 15.9 Å². The number of likely N-dealkylation sites (N-methyl/N-ethyl adjacent to an activating group) is 1. The molecule has 1 heterocycles. The summed E-state index contributed by atoms with van der Waals surface area (Å²) in [5.41, 5.74) is 0.